The third kappa shape index (κ3) is 5.52. The fourth-order valence-corrected chi connectivity index (χ4v) is 16.0. The van der Waals surface area contributed by atoms with Gasteiger partial charge >= 0.3 is 266 Å². The predicted molar refractivity (Wildman–Crippen MR) is 181 cm³/mol. The largest absolute Gasteiger partial charge is 1.00 e. The van der Waals surface area contributed by atoms with E-state index in [0.29, 0.717) is 5.92 Å². The zero-order valence-corrected chi connectivity index (χ0v) is 33.6. The van der Waals surface area contributed by atoms with Gasteiger partial charge in [-0.1, -0.05) is 0 Å². The molecule has 4 aliphatic rings. The van der Waals surface area contributed by atoms with Gasteiger partial charge in [0.1, 0.15) is 0 Å². The molecule has 6 rings (SSSR count). The summed E-state index contributed by atoms with van der Waals surface area (Å²) in [6, 6.07) is 10.7. The van der Waals surface area contributed by atoms with Gasteiger partial charge in [0.2, 0.25) is 0 Å². The third-order valence-corrected chi connectivity index (χ3v) is 19.2. The maximum absolute atomic E-state index is 2.72. The summed E-state index contributed by atoms with van der Waals surface area (Å²) >= 11 is -2.38. The van der Waals surface area contributed by atoms with Crippen LogP contribution in [0, 0.1) is 11.3 Å². The molecular weight excluding hydrogens is 655 g/mol. The van der Waals surface area contributed by atoms with Gasteiger partial charge in [-0.3, -0.25) is 0 Å². The zero-order chi connectivity index (χ0) is 30.7. The Labute approximate surface area is 288 Å². The summed E-state index contributed by atoms with van der Waals surface area (Å²) < 4.78 is 5.22. The summed E-state index contributed by atoms with van der Waals surface area (Å²) in [5.74, 6) is 0.657. The van der Waals surface area contributed by atoms with E-state index in [0.717, 1.165) is 6.42 Å². The molecule has 0 saturated heterocycles. The molecule has 0 bridgehead atoms. The van der Waals surface area contributed by atoms with Gasteiger partial charge in [-0.15, -0.1) is 0 Å². The quantitative estimate of drug-likeness (QED) is 0.447. The second kappa shape index (κ2) is 11.6. The average molecular weight is 709 g/mol. The molecule has 236 valence electrons. The molecule has 0 radical (unpaired) electrons. The first-order chi connectivity index (χ1) is 19.3. The minimum atomic E-state index is -2.38. The van der Waals surface area contributed by atoms with Gasteiger partial charge in [-0.25, -0.2) is 0 Å². The first kappa shape index (κ1) is 35.8. The predicted octanol–water partition coefficient (Wildman–Crippen LogP) is 3.76. The van der Waals surface area contributed by atoms with E-state index in [9.17, 15) is 0 Å². The van der Waals surface area contributed by atoms with Crippen molar-refractivity contribution in [1.82, 2.24) is 0 Å². The smallest absolute Gasteiger partial charge is 1.00 e. The summed E-state index contributed by atoms with van der Waals surface area (Å²) in [4.78, 5) is 0. The number of rotatable bonds is 2. The average Bonchev–Trinajstić information content (AvgIpc) is 3.48. The van der Waals surface area contributed by atoms with E-state index < -0.39 is 21.3 Å². The molecule has 1 atom stereocenters. The van der Waals surface area contributed by atoms with Crippen molar-refractivity contribution >= 4 is 12.1 Å². The molecule has 44 heavy (non-hydrogen) atoms. The first-order valence-corrected chi connectivity index (χ1v) is 20.2. The van der Waals surface area contributed by atoms with Crippen molar-refractivity contribution in [3.8, 4) is 11.1 Å². The summed E-state index contributed by atoms with van der Waals surface area (Å²) in [6.45, 7) is 31.9. The minimum Gasteiger partial charge on any atom is -1.00 e. The Morgan fingerprint density at radius 3 is 2.02 bits per heavy atom. The second-order valence-electron chi connectivity index (χ2n) is 17.3. The van der Waals surface area contributed by atoms with Crippen molar-refractivity contribution in [1.29, 1.82) is 0 Å². The normalized spacial score (nSPS) is 21.8. The number of benzene rings is 2. The van der Waals surface area contributed by atoms with E-state index in [2.05, 4.69) is 126 Å². The molecule has 2 aromatic carbocycles. The fraction of sp³-hybridized carbons (Fsp3) is 0.537. The maximum atomic E-state index is 2.72. The number of hydrogen-bond acceptors (Lipinski definition) is 0. The van der Waals surface area contributed by atoms with Gasteiger partial charge in [-0.2, -0.15) is 0 Å². The SMILES string of the molecule is CC1=c2cc3c(cc2C(C)(C)CC1)=[C]([Zr+2]([C]1=CC(C(C)(C)C)=CC1)=[C](C)C)c1cc2c(cc1-3)C(C)(C)CC(C)C2(C)C.[Cl-].[Cl-]. The molecule has 0 spiro atoms. The van der Waals surface area contributed by atoms with Gasteiger partial charge in [0.25, 0.3) is 0 Å². The van der Waals surface area contributed by atoms with E-state index in [1.807, 2.05) is 0 Å². The number of halogens is 2. The van der Waals surface area contributed by atoms with Crippen LogP contribution in [0.4, 0.5) is 0 Å². The minimum absolute atomic E-state index is 0. The van der Waals surface area contributed by atoms with Gasteiger partial charge in [0.15, 0.2) is 0 Å². The standard InChI is InChI=1S/C29H35.C9H13.C3H6.2ClH.Zr/c1-17-9-10-27(3,4)24-12-19-11-20-13-26-25(15-23(20)22(19)14-21(17)24)28(5,6)16-18(2)29(26,7)8;1-9(2,3)8-6-4-5-7-8;1-3-2;;;/h12-15,18H,9-10,16H2,1-8H3;6-7H,4H2,1-3H3;1-2H3;2*1H;/q;;;;;+2/p-2. The molecule has 3 heteroatoms. The van der Waals surface area contributed by atoms with Crippen LogP contribution in [-0.2, 0) is 37.5 Å². The Bertz CT molecular complexity index is 1760. The summed E-state index contributed by atoms with van der Waals surface area (Å²) in [6.07, 6.45) is 10.0. The van der Waals surface area contributed by atoms with Crippen LogP contribution in [0.15, 0.2) is 45.3 Å². The summed E-state index contributed by atoms with van der Waals surface area (Å²) in [5.41, 5.74) is 13.3. The zero-order valence-electron chi connectivity index (χ0n) is 29.6. The van der Waals surface area contributed by atoms with Crippen molar-refractivity contribution in [3.63, 3.8) is 0 Å². The van der Waals surface area contributed by atoms with E-state index >= 15 is 0 Å². The van der Waals surface area contributed by atoms with Crippen molar-refractivity contribution in [3.05, 3.63) is 78.0 Å². The molecule has 0 N–H and O–H groups in total. The Balaban J connectivity index is 0.00000221. The Kier molecular flexibility index (Phi) is 9.45. The summed E-state index contributed by atoms with van der Waals surface area (Å²) in [5, 5.41) is 3.11. The van der Waals surface area contributed by atoms with Gasteiger partial charge in [0, 0.05) is 0 Å². The second-order valence-corrected chi connectivity index (χ2v) is 24.4. The molecular formula is C41H54Cl2Zr. The Hall–Kier alpha value is -1.01. The topological polar surface area (TPSA) is 0 Å². The van der Waals surface area contributed by atoms with Crippen LogP contribution in [0.1, 0.15) is 138 Å². The first-order valence-electron chi connectivity index (χ1n) is 16.5. The maximum Gasteiger partial charge on any atom is -1.00 e. The van der Waals surface area contributed by atoms with Crippen molar-refractivity contribution in [2.45, 2.75) is 132 Å². The van der Waals surface area contributed by atoms with E-state index in [4.69, 9.17) is 0 Å². The van der Waals surface area contributed by atoms with Crippen LogP contribution in [0.2, 0.25) is 0 Å². The molecule has 2 aromatic rings. The van der Waals surface area contributed by atoms with Gasteiger partial charge < -0.3 is 24.8 Å². The molecule has 0 fully saturated rings. The van der Waals surface area contributed by atoms with Crippen molar-refractivity contribution < 1.29 is 46.1 Å². The number of allylic oxidation sites excluding steroid dienone is 4. The third-order valence-electron chi connectivity index (χ3n) is 11.7. The van der Waals surface area contributed by atoms with E-state index in [-0.39, 0.29) is 46.5 Å². The van der Waals surface area contributed by atoms with Gasteiger partial charge in [0.05, 0.1) is 0 Å². The van der Waals surface area contributed by atoms with Crippen LogP contribution >= 0.6 is 0 Å². The number of hydrogen-bond donors (Lipinski definition) is 0. The molecule has 0 aliphatic heterocycles. The van der Waals surface area contributed by atoms with Crippen LogP contribution in [0.3, 0.4) is 0 Å². The molecule has 0 amide bonds. The molecule has 0 saturated carbocycles. The number of fused-ring (bicyclic) bond motifs is 5. The van der Waals surface area contributed by atoms with Crippen LogP contribution in [0.25, 0.3) is 20.0 Å². The van der Waals surface area contributed by atoms with E-state index in [1.165, 1.54) is 41.2 Å². The molecule has 0 heterocycles. The molecule has 0 nitrogen and oxygen atoms in total. The fourth-order valence-electron chi connectivity index (χ4n) is 8.60. The monoisotopic (exact) mass is 706 g/mol. The van der Waals surface area contributed by atoms with Crippen LogP contribution in [-0.4, -0.2) is 3.21 Å². The van der Waals surface area contributed by atoms with Crippen LogP contribution < -0.4 is 35.3 Å². The summed E-state index contributed by atoms with van der Waals surface area (Å²) in [7, 11) is 0. The molecule has 0 aromatic heterocycles. The molecule has 4 aliphatic carbocycles. The van der Waals surface area contributed by atoms with Crippen molar-refractivity contribution in [2.24, 2.45) is 11.3 Å². The Morgan fingerprint density at radius 2 is 1.43 bits per heavy atom. The van der Waals surface area contributed by atoms with Crippen molar-refractivity contribution in [2.75, 3.05) is 0 Å². The van der Waals surface area contributed by atoms with Crippen LogP contribution in [0.5, 0.6) is 0 Å². The molecule has 1 unspecified atom stereocenters. The van der Waals surface area contributed by atoms with Gasteiger partial charge in [-0.05, 0) is 0 Å². The van der Waals surface area contributed by atoms with E-state index in [1.54, 1.807) is 42.8 Å². The Morgan fingerprint density at radius 1 is 0.795 bits per heavy atom.